The molecular formula is C28H26N6O2. The highest BCUT2D eigenvalue weighted by Gasteiger charge is 2.14. The number of carbonyl (C=O) groups excluding carboxylic acids is 1. The van der Waals surface area contributed by atoms with Gasteiger partial charge in [-0.05, 0) is 43.7 Å². The van der Waals surface area contributed by atoms with Crippen molar-refractivity contribution in [1.29, 1.82) is 0 Å². The van der Waals surface area contributed by atoms with Crippen LogP contribution in [0.1, 0.15) is 28.2 Å². The number of nitrogens with one attached hydrogen (secondary N) is 2. The largest absolute Gasteiger partial charge is 0.318 e. The number of amides is 1. The lowest BCUT2D eigenvalue weighted by Crippen LogP contribution is -2.25. The highest BCUT2D eigenvalue weighted by atomic mass is 16.2. The summed E-state index contributed by atoms with van der Waals surface area (Å²) in [5.74, 6) is 0.486. The monoisotopic (exact) mass is 478 g/mol. The van der Waals surface area contributed by atoms with Crippen LogP contribution in [0.3, 0.4) is 0 Å². The molecule has 0 saturated carbocycles. The lowest BCUT2D eigenvalue weighted by Gasteiger charge is -2.08. The van der Waals surface area contributed by atoms with E-state index in [1.54, 1.807) is 6.92 Å². The first-order valence-electron chi connectivity index (χ1n) is 11.7. The van der Waals surface area contributed by atoms with Crippen LogP contribution in [0.2, 0.25) is 0 Å². The number of aryl methyl sites for hydroxylation is 2. The second-order valence-electron chi connectivity index (χ2n) is 8.69. The third kappa shape index (κ3) is 4.74. The summed E-state index contributed by atoms with van der Waals surface area (Å²) >= 11 is 0. The Bertz CT molecular complexity index is 1610. The standard InChI is InChI=1S/C28H26N6O2/c1-19-12-14-22(15-13-19)34-28(36)23(20(2)32-34)17-29-31-27(35)18-33-25-11-7-6-10-24(25)30-26(33)16-21-8-4-3-5-9-21/h3-15,17,32H,16,18H2,1-2H3,(H,31,35)/b29-17+. The van der Waals surface area contributed by atoms with Crippen molar-refractivity contribution in [2.24, 2.45) is 5.10 Å². The fourth-order valence-electron chi connectivity index (χ4n) is 4.15. The summed E-state index contributed by atoms with van der Waals surface area (Å²) in [6.45, 7) is 3.84. The van der Waals surface area contributed by atoms with E-state index in [0.29, 0.717) is 17.7 Å². The Hall–Kier alpha value is -4.72. The lowest BCUT2D eigenvalue weighted by molar-refractivity contribution is -0.121. The van der Waals surface area contributed by atoms with Gasteiger partial charge in [0.1, 0.15) is 12.4 Å². The molecule has 36 heavy (non-hydrogen) atoms. The van der Waals surface area contributed by atoms with Gasteiger partial charge in [-0.25, -0.2) is 15.1 Å². The fourth-order valence-corrected chi connectivity index (χ4v) is 4.15. The van der Waals surface area contributed by atoms with Crippen molar-refractivity contribution in [2.75, 3.05) is 0 Å². The molecule has 2 N–H and O–H groups in total. The highest BCUT2D eigenvalue weighted by Crippen LogP contribution is 2.18. The maximum Gasteiger partial charge on any atom is 0.280 e. The van der Waals surface area contributed by atoms with Crippen molar-refractivity contribution < 1.29 is 4.79 Å². The average molecular weight is 479 g/mol. The maximum atomic E-state index is 12.9. The fraction of sp³-hybridized carbons (Fsp3) is 0.143. The molecule has 2 aromatic heterocycles. The molecule has 0 aliphatic carbocycles. The normalized spacial score (nSPS) is 11.4. The third-order valence-corrected chi connectivity index (χ3v) is 6.03. The van der Waals surface area contributed by atoms with Crippen LogP contribution < -0.4 is 11.0 Å². The van der Waals surface area contributed by atoms with E-state index in [-0.39, 0.29) is 18.0 Å². The summed E-state index contributed by atoms with van der Waals surface area (Å²) in [6, 6.07) is 25.4. The van der Waals surface area contributed by atoms with Gasteiger partial charge in [0, 0.05) is 12.1 Å². The molecule has 0 saturated heterocycles. The van der Waals surface area contributed by atoms with Crippen molar-refractivity contribution in [3.63, 3.8) is 0 Å². The van der Waals surface area contributed by atoms with Gasteiger partial charge < -0.3 is 4.57 Å². The summed E-state index contributed by atoms with van der Waals surface area (Å²) in [7, 11) is 0. The maximum absolute atomic E-state index is 12.9. The van der Waals surface area contributed by atoms with Crippen LogP contribution in [-0.4, -0.2) is 31.5 Å². The van der Waals surface area contributed by atoms with E-state index in [9.17, 15) is 9.59 Å². The quantitative estimate of drug-likeness (QED) is 0.274. The Balaban J connectivity index is 1.34. The molecule has 2 heterocycles. The number of aromatic amines is 1. The van der Waals surface area contributed by atoms with Crippen LogP contribution in [0.25, 0.3) is 16.7 Å². The summed E-state index contributed by atoms with van der Waals surface area (Å²) in [5, 5.41) is 7.13. The van der Waals surface area contributed by atoms with E-state index >= 15 is 0 Å². The number of hydrogen-bond acceptors (Lipinski definition) is 4. The van der Waals surface area contributed by atoms with Crippen molar-refractivity contribution in [3.05, 3.63) is 117 Å². The van der Waals surface area contributed by atoms with E-state index < -0.39 is 0 Å². The Morgan fingerprint density at radius 3 is 2.50 bits per heavy atom. The molecule has 8 heteroatoms. The average Bonchev–Trinajstić information content (AvgIpc) is 3.36. The van der Waals surface area contributed by atoms with Gasteiger partial charge in [0.05, 0.1) is 28.5 Å². The van der Waals surface area contributed by atoms with E-state index in [0.717, 1.165) is 33.7 Å². The van der Waals surface area contributed by atoms with Gasteiger partial charge in [-0.1, -0.05) is 60.2 Å². The van der Waals surface area contributed by atoms with E-state index in [4.69, 9.17) is 4.98 Å². The zero-order chi connectivity index (χ0) is 25.1. The Morgan fingerprint density at radius 2 is 1.72 bits per heavy atom. The minimum atomic E-state index is -0.309. The number of imidazole rings is 1. The number of fused-ring (bicyclic) bond motifs is 1. The molecular weight excluding hydrogens is 452 g/mol. The first-order valence-corrected chi connectivity index (χ1v) is 11.7. The van der Waals surface area contributed by atoms with Gasteiger partial charge in [-0.15, -0.1) is 0 Å². The zero-order valence-corrected chi connectivity index (χ0v) is 20.1. The van der Waals surface area contributed by atoms with Crippen molar-refractivity contribution in [1.82, 2.24) is 24.8 Å². The molecule has 0 aliphatic rings. The van der Waals surface area contributed by atoms with E-state index in [1.165, 1.54) is 10.9 Å². The van der Waals surface area contributed by atoms with Gasteiger partial charge in [0.25, 0.3) is 11.5 Å². The van der Waals surface area contributed by atoms with Crippen molar-refractivity contribution in [2.45, 2.75) is 26.8 Å². The van der Waals surface area contributed by atoms with E-state index in [1.807, 2.05) is 90.4 Å². The molecule has 3 aromatic carbocycles. The number of nitrogens with zero attached hydrogens (tertiary/aromatic N) is 4. The minimum absolute atomic E-state index is 0.0553. The number of H-pyrrole nitrogens is 1. The zero-order valence-electron chi connectivity index (χ0n) is 20.1. The Labute approximate surface area is 207 Å². The summed E-state index contributed by atoms with van der Waals surface area (Å²) < 4.78 is 3.37. The van der Waals surface area contributed by atoms with Gasteiger partial charge in [-0.3, -0.25) is 14.7 Å². The SMILES string of the molecule is Cc1ccc(-n2[nH]c(C)c(/C=N/NC(=O)Cn3c(Cc4ccccc4)nc4ccccc43)c2=O)cc1. The number of aromatic nitrogens is 4. The van der Waals surface area contributed by atoms with Gasteiger partial charge >= 0.3 is 0 Å². The van der Waals surface area contributed by atoms with Gasteiger partial charge in [0.2, 0.25) is 0 Å². The van der Waals surface area contributed by atoms with Crippen LogP contribution in [0, 0.1) is 13.8 Å². The molecule has 0 spiro atoms. The number of hydrazone groups is 1. The topological polar surface area (TPSA) is 97.1 Å². The second kappa shape index (κ2) is 9.87. The predicted octanol–water partition coefficient (Wildman–Crippen LogP) is 3.87. The van der Waals surface area contributed by atoms with Crippen LogP contribution in [0.15, 0.2) is 88.8 Å². The number of benzene rings is 3. The molecule has 8 nitrogen and oxygen atoms in total. The molecule has 5 rings (SSSR count). The molecule has 0 radical (unpaired) electrons. The first kappa shape index (κ1) is 23.0. The molecule has 0 fully saturated rings. The highest BCUT2D eigenvalue weighted by molar-refractivity contribution is 5.84. The predicted molar refractivity (Wildman–Crippen MR) is 141 cm³/mol. The van der Waals surface area contributed by atoms with Gasteiger partial charge in [0.15, 0.2) is 0 Å². The number of rotatable bonds is 7. The van der Waals surface area contributed by atoms with Crippen molar-refractivity contribution in [3.8, 4) is 5.69 Å². The Morgan fingerprint density at radius 1 is 1.00 bits per heavy atom. The molecule has 180 valence electrons. The minimum Gasteiger partial charge on any atom is -0.318 e. The summed E-state index contributed by atoms with van der Waals surface area (Å²) in [5.41, 5.74) is 8.02. The molecule has 0 aliphatic heterocycles. The molecule has 1 amide bonds. The first-order chi connectivity index (χ1) is 17.5. The molecule has 0 unspecified atom stereocenters. The second-order valence-corrected chi connectivity index (χ2v) is 8.69. The van der Waals surface area contributed by atoms with Crippen LogP contribution in [0.5, 0.6) is 0 Å². The van der Waals surface area contributed by atoms with Crippen LogP contribution in [-0.2, 0) is 17.8 Å². The lowest BCUT2D eigenvalue weighted by atomic mass is 10.1. The number of hydrogen-bond donors (Lipinski definition) is 2. The smallest absolute Gasteiger partial charge is 0.280 e. The summed E-state index contributed by atoms with van der Waals surface area (Å²) in [6.07, 6.45) is 1.99. The van der Waals surface area contributed by atoms with Crippen molar-refractivity contribution >= 4 is 23.2 Å². The van der Waals surface area contributed by atoms with Gasteiger partial charge in [-0.2, -0.15) is 5.10 Å². The van der Waals surface area contributed by atoms with Crippen LogP contribution in [0.4, 0.5) is 0 Å². The van der Waals surface area contributed by atoms with E-state index in [2.05, 4.69) is 15.6 Å². The molecule has 0 atom stereocenters. The Kier molecular flexibility index (Phi) is 6.32. The van der Waals surface area contributed by atoms with Crippen LogP contribution >= 0.6 is 0 Å². The molecule has 0 bridgehead atoms. The third-order valence-electron chi connectivity index (χ3n) is 6.03. The number of carbonyl (C=O) groups is 1. The number of para-hydroxylation sites is 2. The summed E-state index contributed by atoms with van der Waals surface area (Å²) in [4.78, 5) is 30.4. The molecule has 5 aromatic rings.